The lowest BCUT2D eigenvalue weighted by atomic mass is 10.0. The summed E-state index contributed by atoms with van der Waals surface area (Å²) in [5.74, 6) is -0.149. The first-order valence-corrected chi connectivity index (χ1v) is 7.09. The van der Waals surface area contributed by atoms with E-state index < -0.39 is 0 Å². The third-order valence-electron chi connectivity index (χ3n) is 3.52. The first-order valence-electron chi connectivity index (χ1n) is 6.29. The summed E-state index contributed by atoms with van der Waals surface area (Å²) in [7, 11) is 1.64. The van der Waals surface area contributed by atoms with Gasteiger partial charge in [0.25, 0.3) is 5.91 Å². The molecule has 2 aromatic carbocycles. The quantitative estimate of drug-likeness (QED) is 0.793. The first kappa shape index (κ1) is 13.1. The molecule has 0 atom stereocenters. The molecule has 0 bridgehead atoms. The standard InChI is InChI=1S/C15H13BrN2O2/c1-17-9-14(19)18(15(17)20)8-10-4-2-6-12-11(10)5-3-7-13(12)16/h2-7H,8-9H2,1H3. The summed E-state index contributed by atoms with van der Waals surface area (Å²) in [6.45, 7) is 0.475. The van der Waals surface area contributed by atoms with E-state index in [1.165, 1.54) is 9.80 Å². The lowest BCUT2D eigenvalue weighted by Gasteiger charge is -2.16. The Morgan fingerprint density at radius 2 is 1.80 bits per heavy atom. The summed E-state index contributed by atoms with van der Waals surface area (Å²) in [6.07, 6.45) is 0. The van der Waals surface area contributed by atoms with Gasteiger partial charge in [-0.1, -0.05) is 46.3 Å². The van der Waals surface area contributed by atoms with Crippen LogP contribution in [0.1, 0.15) is 5.56 Å². The minimum atomic E-state index is -0.234. The van der Waals surface area contributed by atoms with Crippen LogP contribution in [-0.2, 0) is 11.3 Å². The molecule has 5 heteroatoms. The normalized spacial score (nSPS) is 15.5. The molecule has 0 saturated carbocycles. The summed E-state index contributed by atoms with van der Waals surface area (Å²) >= 11 is 3.52. The van der Waals surface area contributed by atoms with E-state index in [1.54, 1.807) is 7.05 Å². The highest BCUT2D eigenvalue weighted by molar-refractivity contribution is 9.10. The largest absolute Gasteiger partial charge is 0.327 e. The van der Waals surface area contributed by atoms with Crippen LogP contribution in [0.4, 0.5) is 4.79 Å². The summed E-state index contributed by atoms with van der Waals surface area (Å²) in [5, 5.41) is 2.13. The van der Waals surface area contributed by atoms with Crippen molar-refractivity contribution in [2.24, 2.45) is 0 Å². The van der Waals surface area contributed by atoms with Crippen LogP contribution in [0.3, 0.4) is 0 Å². The molecule has 1 fully saturated rings. The fourth-order valence-electron chi connectivity index (χ4n) is 2.47. The highest BCUT2D eigenvalue weighted by atomic mass is 79.9. The predicted molar refractivity (Wildman–Crippen MR) is 80.2 cm³/mol. The van der Waals surface area contributed by atoms with Crippen LogP contribution in [0.5, 0.6) is 0 Å². The maximum absolute atomic E-state index is 11.9. The zero-order chi connectivity index (χ0) is 14.3. The average Bonchev–Trinajstić information content (AvgIpc) is 2.66. The highest BCUT2D eigenvalue weighted by Crippen LogP contribution is 2.27. The number of hydrogen-bond donors (Lipinski definition) is 0. The number of carbonyl (C=O) groups is 2. The van der Waals surface area contributed by atoms with Gasteiger partial charge in [0.2, 0.25) is 0 Å². The smallest absolute Gasteiger partial charge is 0.318 e. The second-order valence-corrected chi connectivity index (χ2v) is 5.72. The first-order chi connectivity index (χ1) is 9.58. The molecule has 3 amide bonds. The van der Waals surface area contributed by atoms with Crippen molar-refractivity contribution in [1.29, 1.82) is 0 Å². The Kier molecular flexibility index (Phi) is 3.22. The van der Waals surface area contributed by atoms with Gasteiger partial charge in [-0.15, -0.1) is 0 Å². The fraction of sp³-hybridized carbons (Fsp3) is 0.200. The summed E-state index contributed by atoms with van der Waals surface area (Å²) < 4.78 is 1.01. The monoisotopic (exact) mass is 332 g/mol. The van der Waals surface area contributed by atoms with Crippen LogP contribution in [0.2, 0.25) is 0 Å². The van der Waals surface area contributed by atoms with Gasteiger partial charge in [0.15, 0.2) is 0 Å². The van der Waals surface area contributed by atoms with E-state index in [9.17, 15) is 9.59 Å². The molecule has 4 nitrogen and oxygen atoms in total. The Labute approximate surface area is 125 Å². The average molecular weight is 333 g/mol. The zero-order valence-corrected chi connectivity index (χ0v) is 12.6. The van der Waals surface area contributed by atoms with E-state index in [-0.39, 0.29) is 18.5 Å². The van der Waals surface area contributed by atoms with Crippen LogP contribution in [0, 0.1) is 0 Å². The molecule has 0 unspecified atom stereocenters. The van der Waals surface area contributed by atoms with Crippen molar-refractivity contribution in [3.63, 3.8) is 0 Å². The number of rotatable bonds is 2. The molecule has 1 aliphatic rings. The Morgan fingerprint density at radius 1 is 1.10 bits per heavy atom. The van der Waals surface area contributed by atoms with E-state index in [2.05, 4.69) is 15.9 Å². The van der Waals surface area contributed by atoms with Crippen LogP contribution < -0.4 is 0 Å². The lowest BCUT2D eigenvalue weighted by Crippen LogP contribution is -2.31. The molecule has 3 rings (SSSR count). The van der Waals surface area contributed by atoms with Gasteiger partial charge in [0.05, 0.1) is 6.54 Å². The predicted octanol–water partition coefficient (Wildman–Crippen LogP) is 3.00. The van der Waals surface area contributed by atoms with Crippen molar-refractivity contribution >= 4 is 38.6 Å². The van der Waals surface area contributed by atoms with E-state index >= 15 is 0 Å². The fourth-order valence-corrected chi connectivity index (χ4v) is 2.97. The number of likely N-dealkylation sites (N-methyl/N-ethyl adjacent to an activating group) is 1. The summed E-state index contributed by atoms with van der Waals surface area (Å²) in [6, 6.07) is 11.6. The third kappa shape index (κ3) is 2.08. The molecule has 0 spiro atoms. The summed E-state index contributed by atoms with van der Waals surface area (Å²) in [4.78, 5) is 26.5. The maximum Gasteiger partial charge on any atom is 0.327 e. The van der Waals surface area contributed by atoms with E-state index in [1.807, 2.05) is 36.4 Å². The number of imide groups is 1. The SMILES string of the molecule is CN1CC(=O)N(Cc2cccc3c(Br)cccc23)C1=O. The van der Waals surface area contributed by atoms with E-state index in [0.717, 1.165) is 20.8 Å². The number of carbonyl (C=O) groups excluding carboxylic acids is 2. The number of benzene rings is 2. The number of urea groups is 1. The van der Waals surface area contributed by atoms with Crippen molar-refractivity contribution in [3.05, 3.63) is 46.4 Å². The topological polar surface area (TPSA) is 40.6 Å². The van der Waals surface area contributed by atoms with Gasteiger partial charge in [0.1, 0.15) is 6.54 Å². The molecule has 0 radical (unpaired) electrons. The van der Waals surface area contributed by atoms with E-state index in [4.69, 9.17) is 0 Å². The van der Waals surface area contributed by atoms with Crippen LogP contribution in [-0.4, -0.2) is 35.3 Å². The molecule has 1 saturated heterocycles. The van der Waals surface area contributed by atoms with Crippen molar-refractivity contribution < 1.29 is 9.59 Å². The van der Waals surface area contributed by atoms with Crippen LogP contribution in [0.15, 0.2) is 40.9 Å². The van der Waals surface area contributed by atoms with Gasteiger partial charge in [-0.25, -0.2) is 4.79 Å². The van der Waals surface area contributed by atoms with Gasteiger partial charge in [-0.2, -0.15) is 0 Å². The number of fused-ring (bicyclic) bond motifs is 1. The van der Waals surface area contributed by atoms with Crippen molar-refractivity contribution in [2.75, 3.05) is 13.6 Å². The van der Waals surface area contributed by atoms with Gasteiger partial charge >= 0.3 is 6.03 Å². The summed E-state index contributed by atoms with van der Waals surface area (Å²) in [5.41, 5.74) is 0.973. The van der Waals surface area contributed by atoms with Crippen molar-refractivity contribution in [1.82, 2.24) is 9.80 Å². The minimum absolute atomic E-state index is 0.149. The Hall–Kier alpha value is -1.88. The molecule has 0 aliphatic carbocycles. The van der Waals surface area contributed by atoms with E-state index in [0.29, 0.717) is 6.54 Å². The van der Waals surface area contributed by atoms with Gasteiger partial charge in [-0.05, 0) is 22.4 Å². The van der Waals surface area contributed by atoms with Gasteiger partial charge in [0, 0.05) is 11.5 Å². The number of amides is 3. The lowest BCUT2D eigenvalue weighted by molar-refractivity contribution is -0.125. The second-order valence-electron chi connectivity index (χ2n) is 4.87. The molecule has 0 N–H and O–H groups in total. The Balaban J connectivity index is 2.02. The number of halogens is 1. The number of hydrogen-bond acceptors (Lipinski definition) is 2. The minimum Gasteiger partial charge on any atom is -0.318 e. The van der Waals surface area contributed by atoms with Gasteiger partial charge in [-0.3, -0.25) is 9.69 Å². The molecule has 1 heterocycles. The molecule has 20 heavy (non-hydrogen) atoms. The maximum atomic E-state index is 11.9. The molecular weight excluding hydrogens is 320 g/mol. The molecule has 0 aromatic heterocycles. The molecular formula is C15H13BrN2O2. The third-order valence-corrected chi connectivity index (χ3v) is 4.21. The highest BCUT2D eigenvalue weighted by Gasteiger charge is 2.33. The number of nitrogens with zero attached hydrogens (tertiary/aromatic N) is 2. The second kappa shape index (κ2) is 4.90. The Morgan fingerprint density at radius 3 is 2.50 bits per heavy atom. The Bertz CT molecular complexity index is 714. The zero-order valence-electron chi connectivity index (χ0n) is 11.0. The molecule has 102 valence electrons. The van der Waals surface area contributed by atoms with Crippen molar-refractivity contribution in [2.45, 2.75) is 6.54 Å². The van der Waals surface area contributed by atoms with Crippen LogP contribution >= 0.6 is 15.9 Å². The van der Waals surface area contributed by atoms with Gasteiger partial charge < -0.3 is 4.90 Å². The van der Waals surface area contributed by atoms with Crippen LogP contribution in [0.25, 0.3) is 10.8 Å². The molecule has 2 aromatic rings. The van der Waals surface area contributed by atoms with Crippen molar-refractivity contribution in [3.8, 4) is 0 Å². The molecule has 1 aliphatic heterocycles.